The van der Waals surface area contributed by atoms with Gasteiger partial charge in [0.2, 0.25) is 0 Å². The topological polar surface area (TPSA) is 88.2 Å². The third-order valence-corrected chi connectivity index (χ3v) is 7.24. The van der Waals surface area contributed by atoms with Crippen molar-refractivity contribution < 1.29 is 14.6 Å². The molecule has 6 nitrogen and oxygen atoms in total. The molecule has 1 aromatic rings. The van der Waals surface area contributed by atoms with E-state index in [2.05, 4.69) is 22.0 Å². The molecule has 2 spiro atoms. The van der Waals surface area contributed by atoms with E-state index in [-0.39, 0.29) is 30.0 Å². The summed E-state index contributed by atoms with van der Waals surface area (Å²) in [6.45, 7) is 1.65. The first-order valence-electron chi connectivity index (χ1n) is 9.50. The summed E-state index contributed by atoms with van der Waals surface area (Å²) >= 11 is 3.56. The summed E-state index contributed by atoms with van der Waals surface area (Å²) < 4.78 is 6.50. The monoisotopic (exact) mass is 435 g/mol. The molecule has 0 aromatic heterocycles. The third kappa shape index (κ3) is 2.51. The summed E-state index contributed by atoms with van der Waals surface area (Å²) in [6, 6.07) is 5.74. The molecule has 3 N–H and O–H groups in total. The molecule has 1 amide bonds. The number of methoxy groups -OCH3 is 1. The van der Waals surface area contributed by atoms with Crippen LogP contribution < -0.4 is 5.73 Å². The van der Waals surface area contributed by atoms with Crippen molar-refractivity contribution in [3.8, 4) is 0 Å². The molecule has 4 rings (SSSR count). The van der Waals surface area contributed by atoms with Gasteiger partial charge in [0, 0.05) is 17.0 Å². The lowest BCUT2D eigenvalue weighted by Gasteiger charge is -2.45. The highest BCUT2D eigenvalue weighted by Crippen LogP contribution is 2.62. The van der Waals surface area contributed by atoms with Crippen LogP contribution in [0.15, 0.2) is 27.7 Å². The molecule has 1 aliphatic heterocycles. The van der Waals surface area contributed by atoms with Gasteiger partial charge in [0.25, 0.3) is 5.91 Å². The molecule has 0 radical (unpaired) electrons. The van der Waals surface area contributed by atoms with Crippen molar-refractivity contribution in [1.29, 1.82) is 0 Å². The van der Waals surface area contributed by atoms with Crippen LogP contribution in [0.5, 0.6) is 0 Å². The van der Waals surface area contributed by atoms with Crippen molar-refractivity contribution in [3.05, 3.63) is 33.8 Å². The summed E-state index contributed by atoms with van der Waals surface area (Å²) in [5.41, 5.74) is 7.07. The highest BCUT2D eigenvalue weighted by molar-refractivity contribution is 9.10. The minimum Gasteiger partial charge on any atom is -0.394 e. The predicted molar refractivity (Wildman–Crippen MR) is 106 cm³/mol. The Morgan fingerprint density at radius 3 is 2.78 bits per heavy atom. The van der Waals surface area contributed by atoms with Gasteiger partial charge in [-0.25, -0.2) is 4.99 Å². The van der Waals surface area contributed by atoms with E-state index < -0.39 is 11.6 Å². The fraction of sp³-hybridized carbons (Fsp3) is 0.600. The number of hydrogen-bond acceptors (Lipinski definition) is 5. The van der Waals surface area contributed by atoms with E-state index in [0.29, 0.717) is 0 Å². The maximum Gasteiger partial charge on any atom is 0.262 e. The molecule has 27 heavy (non-hydrogen) atoms. The number of benzene rings is 1. The fourth-order valence-corrected chi connectivity index (χ4v) is 5.68. The van der Waals surface area contributed by atoms with Gasteiger partial charge in [-0.15, -0.1) is 0 Å². The largest absolute Gasteiger partial charge is 0.394 e. The number of halogens is 1. The Hall–Kier alpha value is -1.44. The van der Waals surface area contributed by atoms with Crippen LogP contribution in [0.1, 0.15) is 43.7 Å². The van der Waals surface area contributed by atoms with E-state index in [1.165, 1.54) is 4.90 Å². The lowest BCUT2D eigenvalue weighted by molar-refractivity contribution is -0.140. The molecule has 1 aromatic carbocycles. The molecule has 2 atom stereocenters. The van der Waals surface area contributed by atoms with E-state index in [9.17, 15) is 9.90 Å². The van der Waals surface area contributed by atoms with Crippen molar-refractivity contribution in [2.75, 3.05) is 13.7 Å². The van der Waals surface area contributed by atoms with E-state index >= 15 is 0 Å². The number of aliphatic hydroxyl groups excluding tert-OH is 1. The second-order valence-electron chi connectivity index (χ2n) is 8.08. The number of carbonyl (C=O) groups is 1. The van der Waals surface area contributed by atoms with Gasteiger partial charge in [-0.05, 0) is 62.3 Å². The molecule has 1 fully saturated rings. The molecular weight excluding hydrogens is 410 g/mol. The number of carbonyl (C=O) groups excluding carboxylic acids is 1. The second kappa shape index (κ2) is 6.57. The van der Waals surface area contributed by atoms with Gasteiger partial charge in [-0.1, -0.05) is 22.0 Å². The molecule has 1 saturated carbocycles. The Morgan fingerprint density at radius 2 is 2.15 bits per heavy atom. The standard InChI is InChI=1S/C20H26BrN3O3/c1-12(11-25)24-17(26)20(23-18(24)22)16-9-14(21)4-3-13(16)10-19(20)7-5-15(27-2)6-8-19/h3-4,9,12,15,25H,5-8,10-11H2,1-2H3,(H2,22,23)/t12-,15-,19-,20+/m1/s1. The van der Waals surface area contributed by atoms with Crippen LogP contribution >= 0.6 is 15.9 Å². The number of amides is 1. The first kappa shape index (κ1) is 18.9. The Labute approximate surface area is 167 Å². The lowest BCUT2D eigenvalue weighted by atomic mass is 9.61. The van der Waals surface area contributed by atoms with Gasteiger partial charge >= 0.3 is 0 Å². The number of fused-ring (bicyclic) bond motifs is 3. The molecule has 146 valence electrons. The van der Waals surface area contributed by atoms with Gasteiger partial charge in [0.05, 0.1) is 18.8 Å². The molecule has 0 unspecified atom stereocenters. The van der Waals surface area contributed by atoms with Crippen LogP contribution in [-0.4, -0.2) is 47.7 Å². The molecule has 7 heteroatoms. The molecule has 2 aliphatic carbocycles. The van der Waals surface area contributed by atoms with Gasteiger partial charge in [-0.3, -0.25) is 9.69 Å². The number of aliphatic imine (C=N–C) groups is 1. The Kier molecular flexibility index (Phi) is 4.60. The van der Waals surface area contributed by atoms with Crippen LogP contribution in [-0.2, 0) is 21.5 Å². The maximum absolute atomic E-state index is 13.8. The SMILES string of the molecule is CO[C@H]1CC[C@]2(CC1)Cc1ccc(Br)cc1[C@@]21N=C(N)N([C@H](C)CO)C1=O. The molecular formula is C20H26BrN3O3. The highest BCUT2D eigenvalue weighted by atomic mass is 79.9. The van der Waals surface area contributed by atoms with Crippen molar-refractivity contribution in [2.45, 2.75) is 56.7 Å². The zero-order valence-electron chi connectivity index (χ0n) is 15.7. The summed E-state index contributed by atoms with van der Waals surface area (Å²) in [5.74, 6) is 0.108. The normalized spacial score (nSPS) is 33.6. The minimum atomic E-state index is -1.00. The van der Waals surface area contributed by atoms with Gasteiger partial charge in [0.1, 0.15) is 0 Å². The minimum absolute atomic E-state index is 0.103. The second-order valence-corrected chi connectivity index (χ2v) is 9.00. The van der Waals surface area contributed by atoms with Crippen molar-refractivity contribution in [1.82, 2.24) is 4.90 Å². The third-order valence-electron chi connectivity index (χ3n) is 6.74. The number of nitrogens with zero attached hydrogens (tertiary/aromatic N) is 2. The van der Waals surface area contributed by atoms with Crippen LogP contribution in [0.2, 0.25) is 0 Å². The van der Waals surface area contributed by atoms with Crippen LogP contribution in [0.3, 0.4) is 0 Å². The number of hydrogen-bond donors (Lipinski definition) is 2. The van der Waals surface area contributed by atoms with E-state index in [1.54, 1.807) is 14.0 Å². The smallest absolute Gasteiger partial charge is 0.262 e. The zero-order chi connectivity index (χ0) is 19.4. The highest BCUT2D eigenvalue weighted by Gasteiger charge is 2.67. The van der Waals surface area contributed by atoms with Crippen molar-refractivity contribution in [3.63, 3.8) is 0 Å². The van der Waals surface area contributed by atoms with Crippen LogP contribution in [0.4, 0.5) is 0 Å². The maximum atomic E-state index is 13.8. The zero-order valence-corrected chi connectivity index (χ0v) is 17.3. The van der Waals surface area contributed by atoms with Gasteiger partial charge < -0.3 is 15.6 Å². The fourth-order valence-electron chi connectivity index (χ4n) is 5.32. The number of ether oxygens (including phenoxy) is 1. The number of aliphatic hydroxyl groups is 1. The first-order valence-corrected chi connectivity index (χ1v) is 10.3. The Morgan fingerprint density at radius 1 is 1.44 bits per heavy atom. The summed E-state index contributed by atoms with van der Waals surface area (Å²) in [5, 5.41) is 9.64. The molecule has 0 saturated heterocycles. The first-order chi connectivity index (χ1) is 12.9. The number of rotatable bonds is 3. The van der Waals surface area contributed by atoms with Gasteiger partial charge in [0.15, 0.2) is 11.5 Å². The summed E-state index contributed by atoms with van der Waals surface area (Å²) in [7, 11) is 1.75. The van der Waals surface area contributed by atoms with Crippen LogP contribution in [0.25, 0.3) is 0 Å². The average molecular weight is 436 g/mol. The molecule has 3 aliphatic rings. The lowest BCUT2D eigenvalue weighted by Crippen LogP contribution is -2.54. The average Bonchev–Trinajstić information content (AvgIpc) is 3.08. The van der Waals surface area contributed by atoms with E-state index in [1.807, 2.05) is 12.1 Å². The Balaban J connectivity index is 1.87. The van der Waals surface area contributed by atoms with Crippen LogP contribution in [0, 0.1) is 5.41 Å². The predicted octanol–water partition coefficient (Wildman–Crippen LogP) is 2.31. The van der Waals surface area contributed by atoms with Gasteiger partial charge in [-0.2, -0.15) is 0 Å². The van der Waals surface area contributed by atoms with Crippen molar-refractivity contribution >= 4 is 27.8 Å². The number of guanidine groups is 1. The Bertz CT molecular complexity index is 804. The number of nitrogens with two attached hydrogens (primary N) is 1. The molecule has 0 bridgehead atoms. The summed E-state index contributed by atoms with van der Waals surface area (Å²) in [4.78, 5) is 20.2. The molecule has 1 heterocycles. The van der Waals surface area contributed by atoms with Crippen molar-refractivity contribution in [2.24, 2.45) is 16.1 Å². The van der Waals surface area contributed by atoms with E-state index in [0.717, 1.165) is 47.7 Å². The summed E-state index contributed by atoms with van der Waals surface area (Å²) in [6.07, 6.45) is 4.59. The quantitative estimate of drug-likeness (QED) is 0.762. The van der Waals surface area contributed by atoms with E-state index in [4.69, 9.17) is 15.5 Å².